The van der Waals surface area contributed by atoms with Crippen molar-refractivity contribution in [1.29, 1.82) is 0 Å². The SMILES string of the molecule is Oc1ccccc1-c1ccnc2c(-c3ccccc3)cnn12. The average Bonchev–Trinajstić information content (AvgIpc) is 3.00. The van der Waals surface area contributed by atoms with Crippen molar-refractivity contribution in [2.75, 3.05) is 0 Å². The van der Waals surface area contributed by atoms with Crippen molar-refractivity contribution in [3.8, 4) is 28.1 Å². The zero-order chi connectivity index (χ0) is 14.9. The summed E-state index contributed by atoms with van der Waals surface area (Å²) in [7, 11) is 0. The second-order valence-electron chi connectivity index (χ2n) is 5.01. The van der Waals surface area contributed by atoms with Crippen LogP contribution >= 0.6 is 0 Å². The van der Waals surface area contributed by atoms with Crippen LogP contribution in [-0.2, 0) is 0 Å². The van der Waals surface area contributed by atoms with Gasteiger partial charge in [-0.2, -0.15) is 5.10 Å². The molecule has 106 valence electrons. The van der Waals surface area contributed by atoms with E-state index in [2.05, 4.69) is 10.1 Å². The predicted octanol–water partition coefficient (Wildman–Crippen LogP) is 3.77. The fraction of sp³-hybridized carbons (Fsp3) is 0. The minimum atomic E-state index is 0.228. The van der Waals surface area contributed by atoms with Crippen LogP contribution < -0.4 is 0 Å². The van der Waals surface area contributed by atoms with Crippen molar-refractivity contribution >= 4 is 5.65 Å². The standard InChI is InChI=1S/C18H13N3O/c22-17-9-5-4-8-14(17)16-10-11-19-18-15(12-20-21(16)18)13-6-2-1-3-7-13/h1-12,22H. The van der Waals surface area contributed by atoms with Crippen LogP contribution in [0.3, 0.4) is 0 Å². The first-order chi connectivity index (χ1) is 10.8. The zero-order valence-corrected chi connectivity index (χ0v) is 11.7. The van der Waals surface area contributed by atoms with Gasteiger partial charge in [0.2, 0.25) is 0 Å². The molecule has 0 aliphatic heterocycles. The van der Waals surface area contributed by atoms with Crippen LogP contribution in [0.4, 0.5) is 0 Å². The molecule has 0 aliphatic carbocycles. The molecule has 0 saturated heterocycles. The van der Waals surface area contributed by atoms with Crippen molar-refractivity contribution in [3.05, 3.63) is 73.1 Å². The van der Waals surface area contributed by atoms with E-state index in [1.54, 1.807) is 29.0 Å². The lowest BCUT2D eigenvalue weighted by atomic mass is 10.1. The van der Waals surface area contributed by atoms with E-state index in [0.29, 0.717) is 0 Å². The molecule has 4 aromatic rings. The summed E-state index contributed by atoms with van der Waals surface area (Å²) >= 11 is 0. The Bertz CT molecular complexity index is 945. The van der Waals surface area contributed by atoms with Gasteiger partial charge in [0.25, 0.3) is 0 Å². The minimum absolute atomic E-state index is 0.228. The predicted molar refractivity (Wildman–Crippen MR) is 85.5 cm³/mol. The Kier molecular flexibility index (Phi) is 2.86. The monoisotopic (exact) mass is 287 g/mol. The third-order valence-electron chi connectivity index (χ3n) is 3.67. The van der Waals surface area contributed by atoms with Gasteiger partial charge in [-0.3, -0.25) is 0 Å². The summed E-state index contributed by atoms with van der Waals surface area (Å²) in [5.74, 6) is 0.228. The summed E-state index contributed by atoms with van der Waals surface area (Å²) < 4.78 is 1.76. The minimum Gasteiger partial charge on any atom is -0.507 e. The lowest BCUT2D eigenvalue weighted by Gasteiger charge is -2.07. The fourth-order valence-corrected chi connectivity index (χ4v) is 2.61. The Morgan fingerprint density at radius 1 is 0.818 bits per heavy atom. The first-order valence-corrected chi connectivity index (χ1v) is 7.01. The molecule has 1 N–H and O–H groups in total. The van der Waals surface area contributed by atoms with Gasteiger partial charge in [0, 0.05) is 17.3 Å². The largest absolute Gasteiger partial charge is 0.507 e. The van der Waals surface area contributed by atoms with Gasteiger partial charge in [0.05, 0.1) is 11.9 Å². The molecular weight excluding hydrogens is 274 g/mol. The van der Waals surface area contributed by atoms with Crippen molar-refractivity contribution in [1.82, 2.24) is 14.6 Å². The molecule has 0 aliphatic rings. The number of aromatic hydroxyl groups is 1. The van der Waals surface area contributed by atoms with Crippen LogP contribution in [0.5, 0.6) is 5.75 Å². The molecule has 0 amide bonds. The van der Waals surface area contributed by atoms with Crippen LogP contribution in [0, 0.1) is 0 Å². The smallest absolute Gasteiger partial charge is 0.163 e. The molecule has 2 heterocycles. The summed E-state index contributed by atoms with van der Waals surface area (Å²) in [6.07, 6.45) is 3.55. The molecule has 4 nitrogen and oxygen atoms in total. The van der Waals surface area contributed by atoms with E-state index in [1.807, 2.05) is 48.5 Å². The zero-order valence-electron chi connectivity index (χ0n) is 11.7. The van der Waals surface area contributed by atoms with Crippen LogP contribution in [0.1, 0.15) is 0 Å². The summed E-state index contributed by atoms with van der Waals surface area (Å²) in [4.78, 5) is 4.45. The van der Waals surface area contributed by atoms with Gasteiger partial charge in [-0.25, -0.2) is 9.50 Å². The lowest BCUT2D eigenvalue weighted by Crippen LogP contribution is -1.95. The highest BCUT2D eigenvalue weighted by molar-refractivity contribution is 5.79. The van der Waals surface area contributed by atoms with E-state index in [4.69, 9.17) is 0 Å². The van der Waals surface area contributed by atoms with E-state index in [-0.39, 0.29) is 5.75 Å². The number of fused-ring (bicyclic) bond motifs is 1. The highest BCUT2D eigenvalue weighted by Gasteiger charge is 2.13. The molecular formula is C18H13N3O. The van der Waals surface area contributed by atoms with Crippen LogP contribution in [0.25, 0.3) is 28.0 Å². The Morgan fingerprint density at radius 2 is 1.59 bits per heavy atom. The number of hydrogen-bond donors (Lipinski definition) is 1. The van der Waals surface area contributed by atoms with Crippen LogP contribution in [0.2, 0.25) is 0 Å². The fourth-order valence-electron chi connectivity index (χ4n) is 2.61. The summed E-state index contributed by atoms with van der Waals surface area (Å²) in [6.45, 7) is 0. The van der Waals surface area contributed by atoms with Crippen molar-refractivity contribution in [2.24, 2.45) is 0 Å². The first-order valence-electron chi connectivity index (χ1n) is 7.01. The summed E-state index contributed by atoms with van der Waals surface area (Å²) in [6, 6.07) is 19.1. The molecule has 0 unspecified atom stereocenters. The summed E-state index contributed by atoms with van der Waals surface area (Å²) in [5.41, 5.74) is 4.35. The van der Waals surface area contributed by atoms with E-state index >= 15 is 0 Å². The number of hydrogen-bond acceptors (Lipinski definition) is 3. The Morgan fingerprint density at radius 3 is 2.41 bits per heavy atom. The molecule has 0 atom stereocenters. The third-order valence-corrected chi connectivity index (χ3v) is 3.67. The van der Waals surface area contributed by atoms with E-state index in [0.717, 1.165) is 28.0 Å². The normalized spacial score (nSPS) is 10.9. The maximum absolute atomic E-state index is 10.1. The molecule has 0 bridgehead atoms. The number of benzene rings is 2. The maximum atomic E-state index is 10.1. The Hall–Kier alpha value is -3.14. The Balaban J connectivity index is 1.97. The molecule has 4 rings (SSSR count). The van der Waals surface area contributed by atoms with Crippen molar-refractivity contribution < 1.29 is 5.11 Å². The molecule has 2 aromatic carbocycles. The van der Waals surface area contributed by atoms with Crippen molar-refractivity contribution in [3.63, 3.8) is 0 Å². The van der Waals surface area contributed by atoms with E-state index in [9.17, 15) is 5.11 Å². The van der Waals surface area contributed by atoms with Gasteiger partial charge < -0.3 is 5.11 Å². The van der Waals surface area contributed by atoms with Crippen molar-refractivity contribution in [2.45, 2.75) is 0 Å². The lowest BCUT2D eigenvalue weighted by molar-refractivity contribution is 0.477. The quantitative estimate of drug-likeness (QED) is 0.610. The number of nitrogens with zero attached hydrogens (tertiary/aromatic N) is 3. The van der Waals surface area contributed by atoms with Crippen LogP contribution in [-0.4, -0.2) is 19.7 Å². The number of para-hydroxylation sites is 1. The highest BCUT2D eigenvalue weighted by Crippen LogP contribution is 2.31. The second kappa shape index (κ2) is 5.00. The van der Waals surface area contributed by atoms with Gasteiger partial charge in [-0.05, 0) is 23.8 Å². The topological polar surface area (TPSA) is 50.4 Å². The first kappa shape index (κ1) is 12.6. The molecule has 0 saturated carbocycles. The molecule has 22 heavy (non-hydrogen) atoms. The van der Waals surface area contributed by atoms with E-state index < -0.39 is 0 Å². The average molecular weight is 287 g/mol. The number of aromatic nitrogens is 3. The molecule has 0 radical (unpaired) electrons. The number of rotatable bonds is 2. The summed E-state index contributed by atoms with van der Waals surface area (Å²) in [5, 5.41) is 14.5. The third kappa shape index (κ3) is 1.93. The van der Waals surface area contributed by atoms with Gasteiger partial charge in [-0.15, -0.1) is 0 Å². The van der Waals surface area contributed by atoms with E-state index in [1.165, 1.54) is 0 Å². The van der Waals surface area contributed by atoms with Gasteiger partial charge >= 0.3 is 0 Å². The molecule has 4 heteroatoms. The molecule has 0 fully saturated rings. The Labute approximate surface area is 127 Å². The molecule has 0 spiro atoms. The number of phenols is 1. The van der Waals surface area contributed by atoms with Gasteiger partial charge in [0.1, 0.15) is 5.75 Å². The van der Waals surface area contributed by atoms with Gasteiger partial charge in [0.15, 0.2) is 5.65 Å². The highest BCUT2D eigenvalue weighted by atomic mass is 16.3. The maximum Gasteiger partial charge on any atom is 0.163 e. The second-order valence-corrected chi connectivity index (χ2v) is 5.01. The van der Waals surface area contributed by atoms with Crippen LogP contribution in [0.15, 0.2) is 73.1 Å². The van der Waals surface area contributed by atoms with Gasteiger partial charge in [-0.1, -0.05) is 42.5 Å². The molecule has 2 aromatic heterocycles. The number of phenolic OH excluding ortho intramolecular Hbond substituents is 1.